The number of anilines is 1. The van der Waals surface area contributed by atoms with Gasteiger partial charge in [0.1, 0.15) is 12.6 Å². The molecule has 2 fully saturated rings. The fourth-order valence-electron chi connectivity index (χ4n) is 4.25. The first-order chi connectivity index (χ1) is 14.2. The summed E-state index contributed by atoms with van der Waals surface area (Å²) in [5.74, 6) is -0.249. The van der Waals surface area contributed by atoms with Crippen LogP contribution in [0.1, 0.15) is 44.9 Å². The second-order valence-corrected chi connectivity index (χ2v) is 7.95. The number of hydrogen-bond acceptors (Lipinski definition) is 4. The van der Waals surface area contributed by atoms with Gasteiger partial charge < -0.3 is 25.0 Å². The van der Waals surface area contributed by atoms with Gasteiger partial charge in [-0.05, 0) is 37.8 Å². The molecular weight excluding hydrogens is 403 g/mol. The number of benzene rings is 1. The lowest BCUT2D eigenvalue weighted by Crippen LogP contribution is -2.49. The maximum Gasteiger partial charge on any atom is 0.405 e. The van der Waals surface area contributed by atoms with Crippen molar-refractivity contribution in [2.75, 3.05) is 18.4 Å². The molecule has 3 amide bonds. The smallest absolute Gasteiger partial charge is 0.405 e. The Hall–Kier alpha value is -2.65. The SMILES string of the molecule is O=C(NCC(F)(F)F)C1CCCN1C(=O)Nc1ccc2c(c1)OC1(CCCCC1)O2. The van der Waals surface area contributed by atoms with E-state index in [1.165, 1.54) is 4.90 Å². The molecule has 0 aromatic heterocycles. The monoisotopic (exact) mass is 427 g/mol. The third kappa shape index (κ3) is 4.41. The topological polar surface area (TPSA) is 79.9 Å². The van der Waals surface area contributed by atoms with Crippen molar-refractivity contribution >= 4 is 17.6 Å². The second kappa shape index (κ2) is 7.88. The minimum Gasteiger partial charge on any atom is -0.448 e. The standard InChI is InChI=1S/C20H24F3N3O4/c21-20(22,23)12-24-17(27)14-5-4-10-26(14)18(28)25-13-6-7-15-16(11-13)30-19(29-15)8-2-1-3-9-19/h6-7,11,14H,1-5,8-10,12H2,(H,24,27)(H,25,28). The molecular formula is C20H24F3N3O4. The number of carbonyl (C=O) groups is 2. The van der Waals surface area contributed by atoms with Crippen LogP contribution >= 0.6 is 0 Å². The lowest BCUT2D eigenvalue weighted by atomic mass is 9.94. The predicted molar refractivity (Wildman–Crippen MR) is 101 cm³/mol. The molecule has 1 aliphatic carbocycles. The summed E-state index contributed by atoms with van der Waals surface area (Å²) in [5, 5.41) is 4.57. The fourth-order valence-corrected chi connectivity index (χ4v) is 4.25. The summed E-state index contributed by atoms with van der Waals surface area (Å²) >= 11 is 0. The Morgan fingerprint density at radius 3 is 2.57 bits per heavy atom. The summed E-state index contributed by atoms with van der Waals surface area (Å²) in [5.41, 5.74) is 0.469. The minimum absolute atomic E-state index is 0.295. The average molecular weight is 427 g/mol. The van der Waals surface area contributed by atoms with E-state index in [1.807, 2.05) is 5.32 Å². The van der Waals surface area contributed by atoms with Gasteiger partial charge in [-0.1, -0.05) is 6.42 Å². The maximum absolute atomic E-state index is 12.7. The van der Waals surface area contributed by atoms with Gasteiger partial charge >= 0.3 is 12.2 Å². The van der Waals surface area contributed by atoms with Gasteiger partial charge in [0, 0.05) is 31.1 Å². The molecule has 2 heterocycles. The Morgan fingerprint density at radius 2 is 1.83 bits per heavy atom. The number of hydrogen-bond donors (Lipinski definition) is 2. The summed E-state index contributed by atoms with van der Waals surface area (Å²) in [4.78, 5) is 26.0. The number of nitrogens with zero attached hydrogens (tertiary/aromatic N) is 1. The number of nitrogens with one attached hydrogen (secondary N) is 2. The van der Waals surface area contributed by atoms with E-state index < -0.39 is 36.5 Å². The summed E-state index contributed by atoms with van der Waals surface area (Å²) in [7, 11) is 0. The number of ether oxygens (including phenoxy) is 2. The summed E-state index contributed by atoms with van der Waals surface area (Å²) in [6.07, 6.45) is 1.21. The van der Waals surface area contributed by atoms with Crippen molar-refractivity contribution in [1.29, 1.82) is 0 Å². The number of rotatable bonds is 3. The number of amides is 3. The quantitative estimate of drug-likeness (QED) is 0.769. The summed E-state index contributed by atoms with van der Waals surface area (Å²) < 4.78 is 49.1. The van der Waals surface area contributed by atoms with E-state index in [1.54, 1.807) is 18.2 Å². The molecule has 1 aromatic rings. The van der Waals surface area contributed by atoms with Gasteiger partial charge in [-0.2, -0.15) is 13.2 Å². The molecule has 164 valence electrons. The van der Waals surface area contributed by atoms with Crippen LogP contribution in [0.25, 0.3) is 0 Å². The highest BCUT2D eigenvalue weighted by Gasteiger charge is 2.42. The zero-order valence-corrected chi connectivity index (χ0v) is 16.4. The highest BCUT2D eigenvalue weighted by Crippen LogP contribution is 2.46. The van der Waals surface area contributed by atoms with Crippen molar-refractivity contribution in [2.45, 2.75) is 63.0 Å². The van der Waals surface area contributed by atoms with E-state index in [4.69, 9.17) is 9.47 Å². The Morgan fingerprint density at radius 1 is 1.10 bits per heavy atom. The van der Waals surface area contributed by atoms with Crippen LogP contribution in [0.3, 0.4) is 0 Å². The van der Waals surface area contributed by atoms with E-state index in [0.717, 1.165) is 32.1 Å². The van der Waals surface area contributed by atoms with E-state index in [0.29, 0.717) is 36.6 Å². The van der Waals surface area contributed by atoms with Crippen LogP contribution in [0, 0.1) is 0 Å². The molecule has 30 heavy (non-hydrogen) atoms. The van der Waals surface area contributed by atoms with Crippen molar-refractivity contribution in [3.8, 4) is 11.5 Å². The highest BCUT2D eigenvalue weighted by molar-refractivity contribution is 5.94. The van der Waals surface area contributed by atoms with Crippen LogP contribution in [0.2, 0.25) is 0 Å². The largest absolute Gasteiger partial charge is 0.448 e. The summed E-state index contributed by atoms with van der Waals surface area (Å²) in [6, 6.07) is 3.62. The number of likely N-dealkylation sites (tertiary alicyclic amines) is 1. The molecule has 1 saturated carbocycles. The van der Waals surface area contributed by atoms with Gasteiger partial charge in [0.15, 0.2) is 11.5 Å². The molecule has 1 saturated heterocycles. The zero-order chi connectivity index (χ0) is 21.4. The average Bonchev–Trinajstić information content (AvgIpc) is 3.30. The van der Waals surface area contributed by atoms with Crippen LogP contribution in [0.5, 0.6) is 11.5 Å². The molecule has 2 aliphatic heterocycles. The molecule has 1 aromatic carbocycles. The third-order valence-electron chi connectivity index (χ3n) is 5.68. The molecule has 0 radical (unpaired) electrons. The van der Waals surface area contributed by atoms with Crippen LogP contribution in [0.4, 0.5) is 23.7 Å². The maximum atomic E-state index is 12.7. The Bertz CT molecular complexity index is 824. The van der Waals surface area contributed by atoms with Crippen LogP contribution in [0.15, 0.2) is 18.2 Å². The Kier molecular flexibility index (Phi) is 5.42. The first-order valence-corrected chi connectivity index (χ1v) is 10.2. The van der Waals surface area contributed by atoms with Gasteiger partial charge in [0.2, 0.25) is 5.91 Å². The Labute approximate surface area is 171 Å². The van der Waals surface area contributed by atoms with Crippen LogP contribution in [-0.4, -0.2) is 47.9 Å². The number of carbonyl (C=O) groups excluding carboxylic acids is 2. The van der Waals surface area contributed by atoms with Gasteiger partial charge in [-0.25, -0.2) is 4.79 Å². The molecule has 1 spiro atoms. The molecule has 3 aliphatic rings. The van der Waals surface area contributed by atoms with E-state index in [-0.39, 0.29) is 0 Å². The molecule has 2 N–H and O–H groups in total. The van der Waals surface area contributed by atoms with Gasteiger partial charge in [-0.3, -0.25) is 4.79 Å². The fraction of sp³-hybridized carbons (Fsp3) is 0.600. The first kappa shape index (κ1) is 20.6. The van der Waals surface area contributed by atoms with E-state index >= 15 is 0 Å². The molecule has 1 unspecified atom stereocenters. The van der Waals surface area contributed by atoms with E-state index in [2.05, 4.69) is 5.32 Å². The number of urea groups is 1. The van der Waals surface area contributed by atoms with Crippen molar-refractivity contribution < 1.29 is 32.2 Å². The lowest BCUT2D eigenvalue weighted by Gasteiger charge is -2.31. The molecule has 4 rings (SSSR count). The predicted octanol–water partition coefficient (Wildman–Crippen LogP) is 3.79. The second-order valence-electron chi connectivity index (χ2n) is 7.95. The van der Waals surface area contributed by atoms with Gasteiger partial charge in [0.25, 0.3) is 5.79 Å². The molecule has 10 heteroatoms. The number of fused-ring (bicyclic) bond motifs is 1. The number of alkyl halides is 3. The van der Waals surface area contributed by atoms with Crippen LogP contribution in [-0.2, 0) is 4.79 Å². The molecule has 1 atom stereocenters. The molecule has 0 bridgehead atoms. The van der Waals surface area contributed by atoms with Crippen molar-refractivity contribution in [3.63, 3.8) is 0 Å². The van der Waals surface area contributed by atoms with Crippen molar-refractivity contribution in [3.05, 3.63) is 18.2 Å². The van der Waals surface area contributed by atoms with Crippen molar-refractivity contribution in [1.82, 2.24) is 10.2 Å². The van der Waals surface area contributed by atoms with Crippen LogP contribution < -0.4 is 20.1 Å². The Balaban J connectivity index is 1.38. The third-order valence-corrected chi connectivity index (χ3v) is 5.68. The van der Waals surface area contributed by atoms with Gasteiger partial charge in [-0.15, -0.1) is 0 Å². The zero-order valence-electron chi connectivity index (χ0n) is 16.4. The van der Waals surface area contributed by atoms with Gasteiger partial charge in [0.05, 0.1) is 0 Å². The summed E-state index contributed by atoms with van der Waals surface area (Å²) in [6.45, 7) is -1.12. The molecule has 7 nitrogen and oxygen atoms in total. The van der Waals surface area contributed by atoms with Crippen molar-refractivity contribution in [2.24, 2.45) is 0 Å². The number of halogens is 3. The minimum atomic E-state index is -4.50. The lowest BCUT2D eigenvalue weighted by molar-refractivity contribution is -0.140. The van der Waals surface area contributed by atoms with E-state index in [9.17, 15) is 22.8 Å². The first-order valence-electron chi connectivity index (χ1n) is 10.2. The normalized spacial score (nSPS) is 22.2. The highest BCUT2D eigenvalue weighted by atomic mass is 19.4.